The van der Waals surface area contributed by atoms with Gasteiger partial charge in [-0.15, -0.1) is 11.8 Å². The summed E-state index contributed by atoms with van der Waals surface area (Å²) in [7, 11) is 0. The molecule has 126 valence electrons. The third-order valence-electron chi connectivity index (χ3n) is 3.71. The van der Waals surface area contributed by atoms with E-state index < -0.39 is 11.6 Å². The van der Waals surface area contributed by atoms with Gasteiger partial charge in [-0.1, -0.05) is 0 Å². The molecule has 3 rings (SSSR count). The van der Waals surface area contributed by atoms with E-state index in [4.69, 9.17) is 0 Å². The van der Waals surface area contributed by atoms with E-state index in [1.807, 2.05) is 4.90 Å². The summed E-state index contributed by atoms with van der Waals surface area (Å²) in [6.45, 7) is 2.46. The first-order valence-electron chi connectivity index (χ1n) is 7.51. The van der Waals surface area contributed by atoms with Crippen LogP contribution in [0.1, 0.15) is 0 Å². The Morgan fingerprint density at radius 2 is 1.83 bits per heavy atom. The van der Waals surface area contributed by atoms with Gasteiger partial charge in [-0.05, 0) is 18.2 Å². The molecule has 1 saturated heterocycles. The van der Waals surface area contributed by atoms with Crippen molar-refractivity contribution < 1.29 is 13.6 Å². The molecular formula is C16H16F2N4OS. The van der Waals surface area contributed by atoms with Crippen molar-refractivity contribution in [3.8, 4) is 0 Å². The molecule has 1 aromatic carbocycles. The molecule has 0 spiro atoms. The fourth-order valence-electron chi connectivity index (χ4n) is 2.43. The molecule has 1 aromatic heterocycles. The van der Waals surface area contributed by atoms with Gasteiger partial charge in [-0.3, -0.25) is 4.79 Å². The lowest BCUT2D eigenvalue weighted by molar-refractivity contribution is -0.128. The van der Waals surface area contributed by atoms with E-state index >= 15 is 0 Å². The SMILES string of the molecule is O=C(CSc1ccc(F)cc1F)N1CCN(c2ncccn2)CC1. The summed E-state index contributed by atoms with van der Waals surface area (Å²) in [6.07, 6.45) is 3.38. The number of piperazine rings is 1. The molecule has 24 heavy (non-hydrogen) atoms. The molecule has 0 saturated carbocycles. The number of amides is 1. The first kappa shape index (κ1) is 16.6. The number of rotatable bonds is 4. The highest BCUT2D eigenvalue weighted by molar-refractivity contribution is 8.00. The molecule has 2 aromatic rings. The number of hydrogen-bond acceptors (Lipinski definition) is 5. The lowest BCUT2D eigenvalue weighted by atomic mass is 10.3. The zero-order chi connectivity index (χ0) is 16.9. The zero-order valence-corrected chi connectivity index (χ0v) is 13.7. The maximum atomic E-state index is 13.6. The Bertz CT molecular complexity index is 708. The molecule has 1 amide bonds. The quantitative estimate of drug-likeness (QED) is 0.791. The Balaban J connectivity index is 1.50. The topological polar surface area (TPSA) is 49.3 Å². The van der Waals surface area contributed by atoms with Crippen LogP contribution >= 0.6 is 11.8 Å². The summed E-state index contributed by atoms with van der Waals surface area (Å²) < 4.78 is 26.5. The molecule has 8 heteroatoms. The first-order chi connectivity index (χ1) is 11.6. The number of thioether (sulfide) groups is 1. The van der Waals surface area contributed by atoms with Gasteiger partial charge in [0.05, 0.1) is 5.75 Å². The second kappa shape index (κ2) is 7.57. The predicted octanol–water partition coefficient (Wildman–Crippen LogP) is 2.20. The van der Waals surface area contributed by atoms with Gasteiger partial charge in [-0.2, -0.15) is 0 Å². The van der Waals surface area contributed by atoms with Crippen LogP contribution in [0.4, 0.5) is 14.7 Å². The number of carbonyl (C=O) groups is 1. The van der Waals surface area contributed by atoms with Crippen molar-refractivity contribution in [3.63, 3.8) is 0 Å². The zero-order valence-electron chi connectivity index (χ0n) is 12.9. The minimum absolute atomic E-state index is 0.0580. The normalized spacial score (nSPS) is 14.8. The van der Waals surface area contributed by atoms with Gasteiger partial charge in [0.1, 0.15) is 11.6 Å². The summed E-state index contributed by atoms with van der Waals surface area (Å²) >= 11 is 1.08. The van der Waals surface area contributed by atoms with Gasteiger partial charge in [0.2, 0.25) is 11.9 Å². The monoisotopic (exact) mass is 350 g/mol. The molecule has 0 aliphatic carbocycles. The van der Waals surface area contributed by atoms with Crippen molar-refractivity contribution >= 4 is 23.6 Å². The Labute approximate surface area is 142 Å². The van der Waals surface area contributed by atoms with E-state index in [1.54, 1.807) is 23.4 Å². The molecule has 0 unspecified atom stereocenters. The second-order valence-corrected chi connectivity index (χ2v) is 6.30. The van der Waals surface area contributed by atoms with Gasteiger partial charge in [0.25, 0.3) is 0 Å². The fraction of sp³-hybridized carbons (Fsp3) is 0.312. The molecule has 0 radical (unpaired) electrons. The highest BCUT2D eigenvalue weighted by Crippen LogP contribution is 2.23. The van der Waals surface area contributed by atoms with E-state index in [2.05, 4.69) is 9.97 Å². The molecule has 0 atom stereocenters. The summed E-state index contributed by atoms with van der Waals surface area (Å²) in [6, 6.07) is 5.13. The summed E-state index contributed by atoms with van der Waals surface area (Å²) in [5.74, 6) is -0.532. The van der Waals surface area contributed by atoms with Crippen molar-refractivity contribution in [2.45, 2.75) is 4.90 Å². The Kier molecular flexibility index (Phi) is 5.24. The second-order valence-electron chi connectivity index (χ2n) is 5.28. The lowest BCUT2D eigenvalue weighted by Crippen LogP contribution is -2.49. The van der Waals surface area contributed by atoms with Crippen molar-refractivity contribution in [2.75, 3.05) is 36.8 Å². The summed E-state index contributed by atoms with van der Waals surface area (Å²) in [5.41, 5.74) is 0. The van der Waals surface area contributed by atoms with Crippen LogP contribution in [0.5, 0.6) is 0 Å². The van der Waals surface area contributed by atoms with Crippen molar-refractivity contribution in [1.82, 2.24) is 14.9 Å². The number of hydrogen-bond donors (Lipinski definition) is 0. The van der Waals surface area contributed by atoms with Crippen molar-refractivity contribution in [3.05, 3.63) is 48.3 Å². The molecule has 5 nitrogen and oxygen atoms in total. The smallest absolute Gasteiger partial charge is 0.233 e. The van der Waals surface area contributed by atoms with Crippen LogP contribution in [0.25, 0.3) is 0 Å². The minimum Gasteiger partial charge on any atom is -0.338 e. The highest BCUT2D eigenvalue weighted by Gasteiger charge is 2.22. The predicted molar refractivity (Wildman–Crippen MR) is 87.9 cm³/mol. The number of halogens is 2. The fourth-order valence-corrected chi connectivity index (χ4v) is 3.26. The van der Waals surface area contributed by atoms with Gasteiger partial charge < -0.3 is 9.80 Å². The molecular weight excluding hydrogens is 334 g/mol. The Morgan fingerprint density at radius 3 is 2.50 bits per heavy atom. The summed E-state index contributed by atoms with van der Waals surface area (Å²) in [5, 5.41) is 0. The summed E-state index contributed by atoms with van der Waals surface area (Å²) in [4.78, 5) is 24.7. The molecule has 0 bridgehead atoms. The van der Waals surface area contributed by atoms with Gasteiger partial charge >= 0.3 is 0 Å². The number of nitrogens with zero attached hydrogens (tertiary/aromatic N) is 4. The van der Waals surface area contributed by atoms with Gasteiger partial charge in [0.15, 0.2) is 0 Å². The number of carbonyl (C=O) groups excluding carboxylic acids is 1. The van der Waals surface area contributed by atoms with Gasteiger partial charge in [-0.25, -0.2) is 18.7 Å². The third kappa shape index (κ3) is 4.00. The van der Waals surface area contributed by atoms with Crippen LogP contribution in [0, 0.1) is 11.6 Å². The largest absolute Gasteiger partial charge is 0.338 e. The molecule has 1 aliphatic heterocycles. The van der Waals surface area contributed by atoms with E-state index in [-0.39, 0.29) is 16.6 Å². The van der Waals surface area contributed by atoms with Gasteiger partial charge in [0, 0.05) is 49.5 Å². The Hall–Kier alpha value is -2.22. The minimum atomic E-state index is -0.640. The van der Waals surface area contributed by atoms with E-state index in [9.17, 15) is 13.6 Å². The third-order valence-corrected chi connectivity index (χ3v) is 4.75. The number of benzene rings is 1. The lowest BCUT2D eigenvalue weighted by Gasteiger charge is -2.34. The van der Waals surface area contributed by atoms with E-state index in [0.717, 1.165) is 17.8 Å². The number of aromatic nitrogens is 2. The average molecular weight is 350 g/mol. The van der Waals surface area contributed by atoms with Crippen LogP contribution in [0.15, 0.2) is 41.6 Å². The van der Waals surface area contributed by atoms with Crippen molar-refractivity contribution in [2.24, 2.45) is 0 Å². The van der Waals surface area contributed by atoms with Crippen molar-refractivity contribution in [1.29, 1.82) is 0 Å². The average Bonchev–Trinajstić information content (AvgIpc) is 2.62. The van der Waals surface area contributed by atoms with E-state index in [0.29, 0.717) is 32.1 Å². The molecule has 1 fully saturated rings. The maximum absolute atomic E-state index is 13.6. The van der Waals surface area contributed by atoms with Crippen LogP contribution in [0.2, 0.25) is 0 Å². The van der Waals surface area contributed by atoms with Crippen LogP contribution in [-0.2, 0) is 4.79 Å². The van der Waals surface area contributed by atoms with E-state index in [1.165, 1.54) is 12.1 Å². The standard InChI is InChI=1S/C16H16F2N4OS/c17-12-2-3-14(13(18)10-12)24-11-15(23)21-6-8-22(9-7-21)16-19-4-1-5-20-16/h1-5,10H,6-9,11H2. The van der Waals surface area contributed by atoms with Crippen LogP contribution < -0.4 is 4.90 Å². The molecule has 0 N–H and O–H groups in total. The Morgan fingerprint density at radius 1 is 1.12 bits per heavy atom. The molecule has 2 heterocycles. The first-order valence-corrected chi connectivity index (χ1v) is 8.49. The highest BCUT2D eigenvalue weighted by atomic mass is 32.2. The molecule has 1 aliphatic rings. The van der Waals surface area contributed by atoms with Crippen LogP contribution in [0.3, 0.4) is 0 Å². The number of anilines is 1. The van der Waals surface area contributed by atoms with Crippen LogP contribution in [-0.4, -0.2) is 52.7 Å². The maximum Gasteiger partial charge on any atom is 0.233 e.